The predicted molar refractivity (Wildman–Crippen MR) is 67.9 cm³/mol. The van der Waals surface area contributed by atoms with Crippen molar-refractivity contribution in [2.45, 2.75) is 16.8 Å². The molecule has 0 bridgehead atoms. The van der Waals surface area contributed by atoms with E-state index in [0.29, 0.717) is 10.7 Å². The molecule has 0 spiro atoms. The zero-order valence-corrected chi connectivity index (χ0v) is 10.6. The van der Waals surface area contributed by atoms with Crippen LogP contribution in [0.4, 0.5) is 5.69 Å². The Balaban J connectivity index is 2.30. The van der Waals surface area contributed by atoms with Crippen LogP contribution in [-0.4, -0.2) is 9.78 Å². The van der Waals surface area contributed by atoms with Gasteiger partial charge in [0, 0.05) is 22.7 Å². The number of halogens is 1. The maximum atomic E-state index is 5.89. The van der Waals surface area contributed by atoms with Gasteiger partial charge in [0.2, 0.25) is 0 Å². The van der Waals surface area contributed by atoms with E-state index in [1.807, 2.05) is 36.9 Å². The fourth-order valence-corrected chi connectivity index (χ4v) is 2.53. The number of aromatic nitrogens is 2. The number of aryl methyl sites for hydroxylation is 2. The zero-order valence-electron chi connectivity index (χ0n) is 9.07. The first-order valence-electron chi connectivity index (χ1n) is 4.80. The molecule has 0 saturated carbocycles. The number of hydrogen-bond acceptors (Lipinski definition) is 3. The summed E-state index contributed by atoms with van der Waals surface area (Å²) in [7, 11) is 1.92. The molecule has 2 N–H and O–H groups in total. The van der Waals surface area contributed by atoms with Crippen molar-refractivity contribution >= 4 is 29.1 Å². The van der Waals surface area contributed by atoms with E-state index in [2.05, 4.69) is 5.10 Å². The zero-order chi connectivity index (χ0) is 11.7. The van der Waals surface area contributed by atoms with Crippen LogP contribution in [-0.2, 0) is 7.05 Å². The average molecular weight is 254 g/mol. The highest BCUT2D eigenvalue weighted by molar-refractivity contribution is 7.99. The fourth-order valence-electron chi connectivity index (χ4n) is 1.41. The molecule has 3 nitrogen and oxygen atoms in total. The van der Waals surface area contributed by atoms with Crippen molar-refractivity contribution in [3.63, 3.8) is 0 Å². The summed E-state index contributed by atoms with van der Waals surface area (Å²) in [5.74, 6) is 0. The lowest BCUT2D eigenvalue weighted by atomic mass is 10.3. The number of nitrogens with zero attached hydrogens (tertiary/aromatic N) is 2. The van der Waals surface area contributed by atoms with Gasteiger partial charge in [-0.25, -0.2) is 0 Å². The van der Waals surface area contributed by atoms with E-state index in [9.17, 15) is 0 Å². The third kappa shape index (κ3) is 2.33. The Hall–Kier alpha value is -1.13. The average Bonchev–Trinajstić information content (AvgIpc) is 2.50. The van der Waals surface area contributed by atoms with Gasteiger partial charge in [0.1, 0.15) is 0 Å². The van der Waals surface area contributed by atoms with Crippen LogP contribution in [0.5, 0.6) is 0 Å². The van der Waals surface area contributed by atoms with Crippen molar-refractivity contribution < 1.29 is 0 Å². The summed E-state index contributed by atoms with van der Waals surface area (Å²) in [4.78, 5) is 0.993. The van der Waals surface area contributed by atoms with Gasteiger partial charge in [0.05, 0.1) is 10.7 Å². The molecule has 84 valence electrons. The van der Waals surface area contributed by atoms with Crippen molar-refractivity contribution in [1.82, 2.24) is 9.78 Å². The number of benzene rings is 1. The second-order valence-electron chi connectivity index (χ2n) is 3.53. The molecule has 2 aromatic rings. The number of rotatable bonds is 2. The highest BCUT2D eigenvalue weighted by Gasteiger charge is 2.07. The van der Waals surface area contributed by atoms with Gasteiger partial charge < -0.3 is 5.73 Å². The van der Waals surface area contributed by atoms with E-state index in [1.165, 1.54) is 0 Å². The van der Waals surface area contributed by atoms with Crippen molar-refractivity contribution in [1.29, 1.82) is 0 Å². The molecule has 5 heteroatoms. The van der Waals surface area contributed by atoms with Gasteiger partial charge in [0.15, 0.2) is 0 Å². The molecule has 0 aliphatic carbocycles. The third-order valence-electron chi connectivity index (χ3n) is 2.15. The minimum absolute atomic E-state index is 0.656. The van der Waals surface area contributed by atoms with Gasteiger partial charge in [0.25, 0.3) is 0 Å². The largest absolute Gasteiger partial charge is 0.398 e. The maximum absolute atomic E-state index is 5.89. The van der Waals surface area contributed by atoms with Crippen LogP contribution in [0.2, 0.25) is 5.02 Å². The minimum atomic E-state index is 0.656. The highest BCUT2D eigenvalue weighted by Crippen LogP contribution is 2.33. The Kier molecular flexibility index (Phi) is 3.12. The quantitative estimate of drug-likeness (QED) is 0.837. The number of nitrogens with two attached hydrogens (primary N) is 1. The van der Waals surface area contributed by atoms with E-state index in [1.54, 1.807) is 17.8 Å². The van der Waals surface area contributed by atoms with Crippen LogP contribution >= 0.6 is 23.4 Å². The molecule has 0 saturated heterocycles. The van der Waals surface area contributed by atoms with Gasteiger partial charge in [-0.1, -0.05) is 23.4 Å². The van der Waals surface area contributed by atoms with Crippen LogP contribution in [0.3, 0.4) is 0 Å². The lowest BCUT2D eigenvalue weighted by molar-refractivity contribution is 0.692. The van der Waals surface area contributed by atoms with E-state index < -0.39 is 0 Å². The SMILES string of the molecule is Cc1cc(Sc2ccc(Cl)cc2N)n(C)n1. The summed E-state index contributed by atoms with van der Waals surface area (Å²) in [5, 5.41) is 6.00. The van der Waals surface area contributed by atoms with Gasteiger partial charge in [-0.2, -0.15) is 5.10 Å². The first-order chi connectivity index (χ1) is 7.56. The third-order valence-corrected chi connectivity index (χ3v) is 3.56. The molecule has 0 aliphatic rings. The first kappa shape index (κ1) is 11.4. The fraction of sp³-hybridized carbons (Fsp3) is 0.182. The molecule has 1 aromatic heterocycles. The van der Waals surface area contributed by atoms with Crippen LogP contribution in [0, 0.1) is 6.92 Å². The second kappa shape index (κ2) is 4.39. The standard InChI is InChI=1S/C11H12ClN3S/c1-7-5-11(15(2)14-7)16-10-4-3-8(12)6-9(10)13/h3-6H,13H2,1-2H3. The van der Waals surface area contributed by atoms with Crippen LogP contribution in [0.25, 0.3) is 0 Å². The van der Waals surface area contributed by atoms with Gasteiger partial charge in [-0.15, -0.1) is 0 Å². The van der Waals surface area contributed by atoms with Crippen LogP contribution in [0.1, 0.15) is 5.69 Å². The van der Waals surface area contributed by atoms with Crippen LogP contribution in [0.15, 0.2) is 34.2 Å². The smallest absolute Gasteiger partial charge is 0.0987 e. The van der Waals surface area contributed by atoms with Gasteiger partial charge in [-0.05, 0) is 31.2 Å². The molecule has 16 heavy (non-hydrogen) atoms. The number of nitrogen functional groups attached to an aromatic ring is 1. The molecule has 0 fully saturated rings. The second-order valence-corrected chi connectivity index (χ2v) is 5.03. The number of anilines is 1. The van der Waals surface area contributed by atoms with Crippen molar-refractivity contribution in [2.75, 3.05) is 5.73 Å². The summed E-state index contributed by atoms with van der Waals surface area (Å²) in [6.07, 6.45) is 0. The molecular weight excluding hydrogens is 242 g/mol. The monoisotopic (exact) mass is 253 g/mol. The summed E-state index contributed by atoms with van der Waals surface area (Å²) < 4.78 is 1.84. The lowest BCUT2D eigenvalue weighted by Gasteiger charge is -2.05. The van der Waals surface area contributed by atoms with Crippen molar-refractivity contribution in [2.24, 2.45) is 7.05 Å². The van der Waals surface area contributed by atoms with Gasteiger partial charge >= 0.3 is 0 Å². The van der Waals surface area contributed by atoms with E-state index in [4.69, 9.17) is 17.3 Å². The highest BCUT2D eigenvalue weighted by atomic mass is 35.5. The predicted octanol–water partition coefficient (Wildman–Crippen LogP) is 3.12. The molecule has 1 aromatic carbocycles. The summed E-state index contributed by atoms with van der Waals surface area (Å²) in [5.41, 5.74) is 7.58. The lowest BCUT2D eigenvalue weighted by Crippen LogP contribution is -1.93. The molecule has 0 amide bonds. The Bertz CT molecular complexity index is 522. The summed E-state index contributed by atoms with van der Waals surface area (Å²) in [6, 6.07) is 7.54. The molecular formula is C11H12ClN3S. The van der Waals surface area contributed by atoms with E-state index in [0.717, 1.165) is 15.6 Å². The maximum Gasteiger partial charge on any atom is 0.0987 e. The molecule has 0 unspecified atom stereocenters. The molecule has 0 radical (unpaired) electrons. The minimum Gasteiger partial charge on any atom is -0.398 e. The molecule has 0 atom stereocenters. The summed E-state index contributed by atoms with van der Waals surface area (Å²) >= 11 is 7.44. The van der Waals surface area contributed by atoms with Gasteiger partial charge in [-0.3, -0.25) is 4.68 Å². The number of hydrogen-bond donors (Lipinski definition) is 1. The molecule has 0 aliphatic heterocycles. The first-order valence-corrected chi connectivity index (χ1v) is 5.99. The molecule has 2 rings (SSSR count). The van der Waals surface area contributed by atoms with Crippen molar-refractivity contribution in [3.05, 3.63) is 35.0 Å². The Morgan fingerprint density at radius 2 is 2.12 bits per heavy atom. The summed E-state index contributed by atoms with van der Waals surface area (Å²) in [6.45, 7) is 1.97. The Morgan fingerprint density at radius 3 is 2.69 bits per heavy atom. The Morgan fingerprint density at radius 1 is 1.38 bits per heavy atom. The van der Waals surface area contributed by atoms with Crippen LogP contribution < -0.4 is 5.73 Å². The topological polar surface area (TPSA) is 43.8 Å². The van der Waals surface area contributed by atoms with E-state index in [-0.39, 0.29) is 0 Å². The van der Waals surface area contributed by atoms with E-state index >= 15 is 0 Å². The Labute approximate surface area is 104 Å². The normalized spacial score (nSPS) is 10.7. The molecule has 1 heterocycles. The van der Waals surface area contributed by atoms with Crippen molar-refractivity contribution in [3.8, 4) is 0 Å².